The van der Waals surface area contributed by atoms with Gasteiger partial charge in [-0.15, -0.1) is 0 Å². The lowest BCUT2D eigenvalue weighted by Crippen LogP contribution is -2.58. The molecule has 60 valence electrons. The number of nitrogens with two attached hydrogens (primary N) is 1. The first kappa shape index (κ1) is 7.73. The number of amides is 3. The second kappa shape index (κ2) is 2.35. The van der Waals surface area contributed by atoms with Crippen LogP contribution in [0.15, 0.2) is 0 Å². The summed E-state index contributed by atoms with van der Waals surface area (Å²) in [5.74, 6) is -0.828. The number of hydrogen-bond acceptors (Lipinski definition) is 4. The van der Waals surface area contributed by atoms with E-state index in [1.165, 1.54) is 0 Å². The zero-order valence-electron chi connectivity index (χ0n) is 5.27. The Morgan fingerprint density at radius 3 is 2.36 bits per heavy atom. The van der Waals surface area contributed by atoms with Crippen molar-refractivity contribution in [3.8, 4) is 0 Å². The Kier molecular flexibility index (Phi) is 1.65. The lowest BCUT2D eigenvalue weighted by Gasteiger charge is -2.25. The highest BCUT2D eigenvalue weighted by Gasteiger charge is 2.37. The maximum Gasteiger partial charge on any atom is 0.322 e. The number of imide groups is 1. The molecule has 0 unspecified atom stereocenters. The topological polar surface area (TPSA) is 97.5 Å². The zero-order valence-corrected chi connectivity index (χ0v) is 6.09. The quantitative estimate of drug-likeness (QED) is 0.339. The van der Waals surface area contributed by atoms with Crippen LogP contribution in [0.4, 0.5) is 4.79 Å². The maximum absolute atomic E-state index is 10.6. The zero-order chi connectivity index (χ0) is 8.59. The Morgan fingerprint density at radius 1 is 1.55 bits per heavy atom. The van der Waals surface area contributed by atoms with E-state index in [4.69, 9.17) is 5.73 Å². The third-order valence-electron chi connectivity index (χ3n) is 1.25. The third kappa shape index (κ3) is 1.09. The monoisotopic (exact) mass is 176 g/mol. The number of likely N-dealkylation sites (tertiary alicyclic amines) is 1. The number of primary amides is 1. The molecule has 0 aromatic heterocycles. The van der Waals surface area contributed by atoms with Gasteiger partial charge in [-0.1, -0.05) is 0 Å². The highest BCUT2D eigenvalue weighted by atomic mass is 32.2. The fraction of sp³-hybridized carbons (Fsp3) is 0.250. The molecular formula is C4H4N2O4S. The molecule has 7 heteroatoms. The Balaban J connectivity index is 2.90. The number of hydrogen-bond donors (Lipinski definition) is 1. The molecule has 6 nitrogen and oxygen atoms in total. The molecule has 0 aromatic carbocycles. The minimum Gasteiger partial charge on any atom is -0.351 e. The largest absolute Gasteiger partial charge is 0.351 e. The second-order valence-corrected chi connectivity index (χ2v) is 2.85. The predicted octanol–water partition coefficient (Wildman–Crippen LogP) is -2.04. The number of nitrogens with zero attached hydrogens (tertiary/aromatic N) is 1. The van der Waals surface area contributed by atoms with Gasteiger partial charge in [0.25, 0.3) is 5.91 Å². The van der Waals surface area contributed by atoms with E-state index < -0.39 is 22.2 Å². The molecule has 2 N–H and O–H groups in total. The van der Waals surface area contributed by atoms with Gasteiger partial charge in [0.15, 0.2) is 4.86 Å². The molecule has 0 aromatic rings. The van der Waals surface area contributed by atoms with Crippen LogP contribution < -0.4 is 5.73 Å². The fourth-order valence-electron chi connectivity index (χ4n) is 0.644. The van der Waals surface area contributed by atoms with Crippen LogP contribution in [0.3, 0.4) is 0 Å². The normalized spacial score (nSPS) is 16.2. The maximum atomic E-state index is 10.6. The van der Waals surface area contributed by atoms with Gasteiger partial charge in [0, 0.05) is 0 Å². The first-order valence-corrected chi connectivity index (χ1v) is 3.68. The van der Waals surface area contributed by atoms with Crippen LogP contribution >= 0.6 is 0 Å². The highest BCUT2D eigenvalue weighted by Crippen LogP contribution is 2.03. The Hall–Kier alpha value is -1.37. The van der Waals surface area contributed by atoms with Gasteiger partial charge in [0.1, 0.15) is 0 Å². The summed E-state index contributed by atoms with van der Waals surface area (Å²) in [5.41, 5.74) is 4.70. The summed E-state index contributed by atoms with van der Waals surface area (Å²) in [6.45, 7) is -0.204. The average Bonchev–Trinajstić information content (AvgIpc) is 1.82. The van der Waals surface area contributed by atoms with E-state index in [1.807, 2.05) is 0 Å². The summed E-state index contributed by atoms with van der Waals surface area (Å²) in [6, 6.07) is -0.927. The Morgan fingerprint density at radius 2 is 2.09 bits per heavy atom. The SMILES string of the molecule is NC(=O)N1CC(=S(=O)=O)C1=O. The van der Waals surface area contributed by atoms with Crippen molar-refractivity contribution in [1.82, 2.24) is 4.90 Å². The van der Waals surface area contributed by atoms with E-state index in [0.717, 1.165) is 0 Å². The first-order valence-electron chi connectivity index (χ1n) is 2.60. The molecule has 1 heterocycles. The van der Waals surface area contributed by atoms with Gasteiger partial charge in [0.05, 0.1) is 6.54 Å². The van der Waals surface area contributed by atoms with Crippen molar-refractivity contribution in [3.63, 3.8) is 0 Å². The standard InChI is InChI=1S/C4H4N2O4S/c5-4(8)6-1-2(3(6)7)11(9)10/h1H2,(H2,5,8). The van der Waals surface area contributed by atoms with E-state index in [0.29, 0.717) is 4.90 Å². The lowest BCUT2D eigenvalue weighted by atomic mass is 10.2. The van der Waals surface area contributed by atoms with Crippen LogP contribution in [0.2, 0.25) is 0 Å². The molecule has 0 saturated carbocycles. The number of carbonyl (C=O) groups is 2. The van der Waals surface area contributed by atoms with Crippen LogP contribution in [0, 0.1) is 0 Å². The molecule has 1 aliphatic heterocycles. The van der Waals surface area contributed by atoms with Gasteiger partial charge in [-0.2, -0.15) is 8.42 Å². The van der Waals surface area contributed by atoms with Gasteiger partial charge >= 0.3 is 6.03 Å². The van der Waals surface area contributed by atoms with E-state index in [2.05, 4.69) is 0 Å². The molecule has 0 spiro atoms. The molecule has 1 rings (SSSR count). The average molecular weight is 176 g/mol. The van der Waals surface area contributed by atoms with Crippen LogP contribution in [0.1, 0.15) is 0 Å². The summed E-state index contributed by atoms with van der Waals surface area (Å²) >= 11 is 0. The van der Waals surface area contributed by atoms with Crippen LogP contribution in [-0.2, 0) is 15.1 Å². The molecule has 0 aliphatic carbocycles. The van der Waals surface area contributed by atoms with E-state index in [1.54, 1.807) is 0 Å². The first-order chi connectivity index (χ1) is 5.04. The molecule has 11 heavy (non-hydrogen) atoms. The second-order valence-electron chi connectivity index (χ2n) is 1.89. The fourth-order valence-corrected chi connectivity index (χ4v) is 1.13. The number of β-lactam (4-membered cyclic amide) rings is 1. The Bertz CT molecular complexity index is 346. The smallest absolute Gasteiger partial charge is 0.322 e. The number of rotatable bonds is 0. The molecule has 0 bridgehead atoms. The molecule has 1 aliphatic rings. The van der Waals surface area contributed by atoms with Gasteiger partial charge in [-0.25, -0.2) is 4.79 Å². The minimum absolute atomic E-state index is 0.204. The van der Waals surface area contributed by atoms with Crippen molar-refractivity contribution in [2.24, 2.45) is 5.73 Å². The lowest BCUT2D eigenvalue weighted by molar-refractivity contribution is -0.123. The summed E-state index contributed by atoms with van der Waals surface area (Å²) in [7, 11) is -2.52. The third-order valence-corrected chi connectivity index (χ3v) is 1.96. The van der Waals surface area contributed by atoms with Crippen molar-refractivity contribution >= 4 is 27.1 Å². The summed E-state index contributed by atoms with van der Waals surface area (Å²) in [5, 5.41) is 0. The van der Waals surface area contributed by atoms with E-state index in [-0.39, 0.29) is 11.4 Å². The molecular weight excluding hydrogens is 172 g/mol. The Labute approximate surface area is 63.1 Å². The number of urea groups is 1. The summed E-state index contributed by atoms with van der Waals surface area (Å²) < 4.78 is 20.2. The van der Waals surface area contributed by atoms with Crippen molar-refractivity contribution in [2.75, 3.05) is 6.54 Å². The number of carbonyl (C=O) groups excluding carboxylic acids is 2. The van der Waals surface area contributed by atoms with Gasteiger partial charge in [-0.05, 0) is 0 Å². The highest BCUT2D eigenvalue weighted by molar-refractivity contribution is 7.75. The molecule has 1 fully saturated rings. The minimum atomic E-state index is -2.52. The van der Waals surface area contributed by atoms with Gasteiger partial charge in [-0.3, -0.25) is 9.69 Å². The van der Waals surface area contributed by atoms with Crippen LogP contribution in [-0.4, -0.2) is 36.7 Å². The van der Waals surface area contributed by atoms with Gasteiger partial charge < -0.3 is 5.73 Å². The van der Waals surface area contributed by atoms with Crippen molar-refractivity contribution in [2.45, 2.75) is 0 Å². The molecule has 0 radical (unpaired) electrons. The predicted molar refractivity (Wildman–Crippen MR) is 35.2 cm³/mol. The molecule has 3 amide bonds. The van der Waals surface area contributed by atoms with E-state index >= 15 is 0 Å². The summed E-state index contributed by atoms with van der Waals surface area (Å²) in [4.78, 5) is 21.3. The van der Waals surface area contributed by atoms with Gasteiger partial charge in [0.2, 0.25) is 10.3 Å². The van der Waals surface area contributed by atoms with Crippen LogP contribution in [0.5, 0.6) is 0 Å². The van der Waals surface area contributed by atoms with Crippen LogP contribution in [0.25, 0.3) is 0 Å². The summed E-state index contributed by atoms with van der Waals surface area (Å²) in [6.07, 6.45) is 0. The van der Waals surface area contributed by atoms with Crippen molar-refractivity contribution in [1.29, 1.82) is 0 Å². The molecule has 0 atom stereocenters. The van der Waals surface area contributed by atoms with Crippen molar-refractivity contribution in [3.05, 3.63) is 0 Å². The van der Waals surface area contributed by atoms with E-state index in [9.17, 15) is 18.0 Å². The molecule has 1 saturated heterocycles. The van der Waals surface area contributed by atoms with Crippen molar-refractivity contribution < 1.29 is 18.0 Å².